The number of hydrogen-bond acceptors (Lipinski definition) is 6. The number of ether oxygens (including phenoxy) is 2. The lowest BCUT2D eigenvalue weighted by Gasteiger charge is -2.20. The van der Waals surface area contributed by atoms with E-state index in [0.29, 0.717) is 24.1 Å². The number of hydrazone groups is 1. The van der Waals surface area contributed by atoms with E-state index in [-0.39, 0.29) is 11.4 Å². The molecule has 168 valence electrons. The summed E-state index contributed by atoms with van der Waals surface area (Å²) in [6.07, 6.45) is 4.99. The van der Waals surface area contributed by atoms with E-state index >= 15 is 0 Å². The lowest BCUT2D eigenvalue weighted by Crippen LogP contribution is -2.35. The number of amides is 1. The van der Waals surface area contributed by atoms with Gasteiger partial charge in [-0.25, -0.2) is 0 Å². The van der Waals surface area contributed by atoms with Crippen molar-refractivity contribution in [2.75, 3.05) is 13.2 Å². The first kappa shape index (κ1) is 22.5. The van der Waals surface area contributed by atoms with Gasteiger partial charge >= 0.3 is 0 Å². The number of nitrogens with zero attached hydrogens (tertiary/aromatic N) is 3. The molecule has 2 aliphatic rings. The molecule has 0 aliphatic carbocycles. The lowest BCUT2D eigenvalue weighted by atomic mass is 10.1. The van der Waals surface area contributed by atoms with E-state index in [4.69, 9.17) is 14.9 Å². The maximum atomic E-state index is 12.4. The van der Waals surface area contributed by atoms with Crippen LogP contribution in [0.4, 0.5) is 0 Å². The van der Waals surface area contributed by atoms with Gasteiger partial charge in [0.1, 0.15) is 29.8 Å². The number of rotatable bonds is 9. The van der Waals surface area contributed by atoms with Gasteiger partial charge in [-0.15, -0.1) is 6.58 Å². The predicted octanol–water partition coefficient (Wildman–Crippen LogP) is 4.90. The summed E-state index contributed by atoms with van der Waals surface area (Å²) in [4.78, 5) is 16.5. The first-order chi connectivity index (χ1) is 16.1. The highest BCUT2D eigenvalue weighted by atomic mass is 32.2. The molecule has 4 rings (SSSR count). The number of para-hydroxylation sites is 1. The molecule has 1 N–H and O–H groups in total. The molecule has 2 aromatic carbocycles. The topological polar surface area (TPSA) is 87.3 Å². The van der Waals surface area contributed by atoms with Crippen molar-refractivity contribution in [3.05, 3.63) is 77.9 Å². The maximum Gasteiger partial charge on any atom is 0.283 e. The fourth-order valence-electron chi connectivity index (χ4n) is 3.28. The standard InChI is InChI=1S/C25H24N4O3S/c1-3-7-18-8-5-6-9-21(18)32-15-14-31-19-12-10-17(11-13-19)16-20-23(26)29-25(27-24(20)30)33-22(4-2)28-29/h3,5-6,8-13,16,26H,1,4,7,14-15H2,2H3/b20-16-,26-23?. The zero-order chi connectivity index (χ0) is 23.2. The fourth-order valence-corrected chi connectivity index (χ4v) is 4.11. The van der Waals surface area contributed by atoms with Crippen LogP contribution in [0.15, 0.2) is 76.9 Å². The van der Waals surface area contributed by atoms with Crippen LogP contribution in [0, 0.1) is 5.41 Å². The van der Waals surface area contributed by atoms with Crippen LogP contribution < -0.4 is 9.47 Å². The average Bonchev–Trinajstić information content (AvgIpc) is 3.25. The minimum Gasteiger partial charge on any atom is -0.490 e. The van der Waals surface area contributed by atoms with Crippen LogP contribution in [0.3, 0.4) is 0 Å². The average molecular weight is 461 g/mol. The predicted molar refractivity (Wildman–Crippen MR) is 133 cm³/mol. The van der Waals surface area contributed by atoms with E-state index < -0.39 is 5.91 Å². The van der Waals surface area contributed by atoms with Gasteiger partial charge in [-0.3, -0.25) is 10.2 Å². The van der Waals surface area contributed by atoms with E-state index in [1.54, 1.807) is 6.08 Å². The summed E-state index contributed by atoms with van der Waals surface area (Å²) in [5, 5.41) is 15.4. The molecule has 2 aliphatic heterocycles. The van der Waals surface area contributed by atoms with Gasteiger partial charge in [0.05, 0.1) is 5.57 Å². The highest BCUT2D eigenvalue weighted by Crippen LogP contribution is 2.29. The third-order valence-corrected chi connectivity index (χ3v) is 5.99. The smallest absolute Gasteiger partial charge is 0.283 e. The van der Waals surface area contributed by atoms with Gasteiger partial charge in [0.2, 0.25) is 5.17 Å². The molecule has 8 heteroatoms. The van der Waals surface area contributed by atoms with Gasteiger partial charge in [0.15, 0.2) is 5.84 Å². The van der Waals surface area contributed by atoms with Crippen LogP contribution in [0.5, 0.6) is 11.5 Å². The Labute approximate surface area is 197 Å². The molecule has 0 fully saturated rings. The Morgan fingerprint density at radius 2 is 1.88 bits per heavy atom. The highest BCUT2D eigenvalue weighted by molar-refractivity contribution is 8.26. The van der Waals surface area contributed by atoms with Gasteiger partial charge in [-0.2, -0.15) is 15.1 Å². The molecule has 0 saturated heterocycles. The third-order valence-electron chi connectivity index (χ3n) is 4.94. The zero-order valence-electron chi connectivity index (χ0n) is 18.3. The Morgan fingerprint density at radius 3 is 2.64 bits per heavy atom. The minimum absolute atomic E-state index is 0.0372. The molecular formula is C25H24N4O3S. The summed E-state index contributed by atoms with van der Waals surface area (Å²) in [6, 6.07) is 15.2. The second kappa shape index (κ2) is 10.3. The van der Waals surface area contributed by atoms with Crippen molar-refractivity contribution in [3.63, 3.8) is 0 Å². The molecule has 33 heavy (non-hydrogen) atoms. The highest BCUT2D eigenvalue weighted by Gasteiger charge is 2.34. The van der Waals surface area contributed by atoms with E-state index in [0.717, 1.165) is 34.8 Å². The number of aliphatic imine (C=N–C) groups is 1. The van der Waals surface area contributed by atoms with Crippen LogP contribution in [-0.4, -0.2) is 40.2 Å². The number of carbonyl (C=O) groups is 1. The quantitative estimate of drug-likeness (QED) is 0.327. The molecule has 0 spiro atoms. The summed E-state index contributed by atoms with van der Waals surface area (Å²) in [7, 11) is 0. The normalized spacial score (nSPS) is 16.4. The van der Waals surface area contributed by atoms with Gasteiger partial charge in [0, 0.05) is 0 Å². The molecule has 0 radical (unpaired) electrons. The van der Waals surface area contributed by atoms with Gasteiger partial charge in [-0.05, 0) is 60.0 Å². The van der Waals surface area contributed by atoms with Crippen molar-refractivity contribution in [1.82, 2.24) is 5.01 Å². The summed E-state index contributed by atoms with van der Waals surface area (Å²) in [5.41, 5.74) is 2.07. The number of fused-ring (bicyclic) bond motifs is 1. The molecule has 0 aromatic heterocycles. The summed E-state index contributed by atoms with van der Waals surface area (Å²) < 4.78 is 11.6. The second-order valence-corrected chi connectivity index (χ2v) is 8.27. The molecule has 2 aromatic rings. The molecule has 0 unspecified atom stereocenters. The monoisotopic (exact) mass is 460 g/mol. The van der Waals surface area contributed by atoms with E-state index in [1.807, 2.05) is 61.5 Å². The van der Waals surface area contributed by atoms with Crippen LogP contribution in [0.1, 0.15) is 24.5 Å². The van der Waals surface area contributed by atoms with Gasteiger partial charge < -0.3 is 9.47 Å². The first-order valence-corrected chi connectivity index (χ1v) is 11.4. The zero-order valence-corrected chi connectivity index (χ0v) is 19.1. The van der Waals surface area contributed by atoms with Gasteiger partial charge in [0.25, 0.3) is 5.91 Å². The van der Waals surface area contributed by atoms with Crippen molar-refractivity contribution in [3.8, 4) is 11.5 Å². The largest absolute Gasteiger partial charge is 0.490 e. The number of thioether (sulfide) groups is 1. The number of benzene rings is 2. The number of allylic oxidation sites excluding steroid dienone is 1. The van der Waals surface area contributed by atoms with E-state index in [9.17, 15) is 4.79 Å². The Bertz CT molecular complexity index is 1170. The SMILES string of the molecule is C=CCc1ccccc1OCCOc1ccc(/C=C2/C(=N)N3N=C(CC)SC3=NC2=O)cc1. The van der Waals surface area contributed by atoms with Crippen molar-refractivity contribution >= 4 is 39.8 Å². The molecule has 0 bridgehead atoms. The molecule has 7 nitrogen and oxygen atoms in total. The Morgan fingerprint density at radius 1 is 1.12 bits per heavy atom. The summed E-state index contributed by atoms with van der Waals surface area (Å²) in [6.45, 7) is 6.57. The lowest BCUT2D eigenvalue weighted by molar-refractivity contribution is -0.114. The van der Waals surface area contributed by atoms with Crippen LogP contribution >= 0.6 is 11.8 Å². The van der Waals surface area contributed by atoms with Crippen molar-refractivity contribution < 1.29 is 14.3 Å². The first-order valence-electron chi connectivity index (χ1n) is 10.6. The molecule has 0 atom stereocenters. The number of hydrogen-bond donors (Lipinski definition) is 1. The third kappa shape index (κ3) is 5.23. The van der Waals surface area contributed by atoms with Crippen LogP contribution in [-0.2, 0) is 11.2 Å². The van der Waals surface area contributed by atoms with E-state index in [2.05, 4.69) is 16.7 Å². The number of nitrogens with one attached hydrogen (secondary N) is 1. The molecule has 0 saturated carbocycles. The Hall–Kier alpha value is -3.65. The van der Waals surface area contributed by atoms with E-state index in [1.165, 1.54) is 16.8 Å². The Balaban J connectivity index is 1.35. The fraction of sp³-hybridized carbons (Fsp3) is 0.200. The summed E-state index contributed by atoms with van der Waals surface area (Å²) >= 11 is 1.33. The number of amidine groups is 2. The van der Waals surface area contributed by atoms with Crippen molar-refractivity contribution in [1.29, 1.82) is 5.41 Å². The molecule has 1 amide bonds. The number of carbonyl (C=O) groups excluding carboxylic acids is 1. The minimum atomic E-state index is -0.430. The second-order valence-electron chi connectivity index (χ2n) is 7.23. The van der Waals surface area contributed by atoms with Crippen LogP contribution in [0.2, 0.25) is 0 Å². The maximum absolute atomic E-state index is 12.4. The van der Waals surface area contributed by atoms with Gasteiger partial charge in [-0.1, -0.05) is 43.3 Å². The van der Waals surface area contributed by atoms with Crippen molar-refractivity contribution in [2.24, 2.45) is 10.1 Å². The Kier molecular flexibility index (Phi) is 7.04. The summed E-state index contributed by atoms with van der Waals surface area (Å²) in [5.74, 6) is 1.13. The van der Waals surface area contributed by atoms with Crippen LogP contribution in [0.25, 0.3) is 6.08 Å². The van der Waals surface area contributed by atoms with Crippen molar-refractivity contribution in [2.45, 2.75) is 19.8 Å². The molecule has 2 heterocycles. The molecular weight excluding hydrogens is 436 g/mol.